The first-order valence-electron chi connectivity index (χ1n) is 7.11. The summed E-state index contributed by atoms with van der Waals surface area (Å²) in [7, 11) is 1.74. The fourth-order valence-corrected chi connectivity index (χ4v) is 1.92. The van der Waals surface area contributed by atoms with Crippen molar-refractivity contribution in [1.82, 2.24) is 20.0 Å². The van der Waals surface area contributed by atoms with Crippen molar-refractivity contribution in [1.29, 1.82) is 0 Å². The molecule has 1 aromatic rings. The monoisotopic (exact) mass is 295 g/mol. The summed E-state index contributed by atoms with van der Waals surface area (Å²) in [5.41, 5.74) is 0. The van der Waals surface area contributed by atoms with E-state index in [-0.39, 0.29) is 37.0 Å². The maximum absolute atomic E-state index is 12.0. The molecule has 0 aliphatic rings. The SMILES string of the molecule is CC(C)NC(=O)CN(C)CC(=O)Nc1ccnn1C(C)C. The summed E-state index contributed by atoms with van der Waals surface area (Å²) in [6.07, 6.45) is 1.65. The number of anilines is 1. The van der Waals surface area contributed by atoms with Gasteiger partial charge in [-0.25, -0.2) is 4.68 Å². The summed E-state index contributed by atoms with van der Waals surface area (Å²) < 4.78 is 1.74. The molecule has 1 heterocycles. The molecule has 0 aromatic carbocycles. The molecule has 0 spiro atoms. The van der Waals surface area contributed by atoms with Crippen molar-refractivity contribution in [2.24, 2.45) is 0 Å². The van der Waals surface area contributed by atoms with E-state index in [0.717, 1.165) is 0 Å². The minimum atomic E-state index is -0.169. The van der Waals surface area contributed by atoms with Crippen LogP contribution in [0.15, 0.2) is 12.3 Å². The maximum atomic E-state index is 12.0. The van der Waals surface area contributed by atoms with Crippen molar-refractivity contribution in [2.45, 2.75) is 39.8 Å². The Morgan fingerprint density at radius 2 is 1.86 bits per heavy atom. The minimum Gasteiger partial charge on any atom is -0.353 e. The van der Waals surface area contributed by atoms with Gasteiger partial charge in [0.05, 0.1) is 19.3 Å². The molecule has 2 N–H and O–H groups in total. The number of carbonyl (C=O) groups excluding carboxylic acids is 2. The summed E-state index contributed by atoms with van der Waals surface area (Å²) in [6.45, 7) is 8.12. The Balaban J connectivity index is 2.46. The van der Waals surface area contributed by atoms with Gasteiger partial charge in [0.2, 0.25) is 11.8 Å². The van der Waals surface area contributed by atoms with Gasteiger partial charge in [0.1, 0.15) is 5.82 Å². The highest BCUT2D eigenvalue weighted by Crippen LogP contribution is 2.12. The van der Waals surface area contributed by atoms with Crippen molar-refractivity contribution >= 4 is 17.6 Å². The summed E-state index contributed by atoms with van der Waals surface area (Å²) >= 11 is 0. The van der Waals surface area contributed by atoms with Crippen molar-refractivity contribution in [3.63, 3.8) is 0 Å². The van der Waals surface area contributed by atoms with Crippen LogP contribution in [0.3, 0.4) is 0 Å². The predicted octanol–water partition coefficient (Wildman–Crippen LogP) is 0.859. The zero-order chi connectivity index (χ0) is 16.0. The van der Waals surface area contributed by atoms with Crippen molar-refractivity contribution in [3.05, 3.63) is 12.3 Å². The van der Waals surface area contributed by atoms with Crippen LogP contribution in [0.5, 0.6) is 0 Å². The number of aromatic nitrogens is 2. The number of nitrogens with one attached hydrogen (secondary N) is 2. The Bertz CT molecular complexity index is 481. The summed E-state index contributed by atoms with van der Waals surface area (Å²) in [6, 6.07) is 2.02. The molecule has 0 saturated heterocycles. The maximum Gasteiger partial charge on any atom is 0.239 e. The molecule has 0 atom stereocenters. The molecule has 1 rings (SSSR count). The first kappa shape index (κ1) is 17.2. The number of hydrogen-bond donors (Lipinski definition) is 2. The van der Waals surface area contributed by atoms with Gasteiger partial charge in [-0.05, 0) is 34.7 Å². The second kappa shape index (κ2) is 7.78. The number of amides is 2. The third-order valence-corrected chi connectivity index (χ3v) is 2.70. The zero-order valence-corrected chi connectivity index (χ0v) is 13.4. The molecule has 2 amide bonds. The topological polar surface area (TPSA) is 79.3 Å². The van der Waals surface area contributed by atoms with Crippen LogP contribution in [0.2, 0.25) is 0 Å². The second-order valence-corrected chi connectivity index (χ2v) is 5.70. The van der Waals surface area contributed by atoms with Crippen LogP contribution in [-0.2, 0) is 9.59 Å². The highest BCUT2D eigenvalue weighted by Gasteiger charge is 2.13. The van der Waals surface area contributed by atoms with Crippen LogP contribution in [0.4, 0.5) is 5.82 Å². The van der Waals surface area contributed by atoms with E-state index in [1.54, 1.807) is 28.9 Å². The molecule has 0 bridgehead atoms. The van der Waals surface area contributed by atoms with Gasteiger partial charge in [-0.3, -0.25) is 14.5 Å². The van der Waals surface area contributed by atoms with Gasteiger partial charge in [0, 0.05) is 18.2 Å². The van der Waals surface area contributed by atoms with E-state index in [1.807, 2.05) is 27.7 Å². The van der Waals surface area contributed by atoms with Gasteiger partial charge >= 0.3 is 0 Å². The lowest BCUT2D eigenvalue weighted by Gasteiger charge is -2.17. The molecule has 0 fully saturated rings. The standard InChI is InChI=1S/C14H25N5O2/c1-10(2)16-13(20)8-18(5)9-14(21)17-12-6-7-15-19(12)11(3)4/h6-7,10-11H,8-9H2,1-5H3,(H,16,20)(H,17,21). The first-order chi connectivity index (χ1) is 9.79. The van der Waals surface area contributed by atoms with Crippen LogP contribution in [0.1, 0.15) is 33.7 Å². The van der Waals surface area contributed by atoms with Gasteiger partial charge < -0.3 is 10.6 Å². The number of carbonyl (C=O) groups is 2. The first-order valence-corrected chi connectivity index (χ1v) is 7.11. The fourth-order valence-electron chi connectivity index (χ4n) is 1.92. The normalized spacial score (nSPS) is 11.2. The van der Waals surface area contributed by atoms with E-state index in [4.69, 9.17) is 0 Å². The Labute approximate surface area is 125 Å². The average Bonchev–Trinajstić information content (AvgIpc) is 2.74. The summed E-state index contributed by atoms with van der Waals surface area (Å²) in [5, 5.41) is 9.75. The Hall–Kier alpha value is -1.89. The molecule has 7 heteroatoms. The lowest BCUT2D eigenvalue weighted by atomic mass is 10.3. The zero-order valence-electron chi connectivity index (χ0n) is 13.4. The molecule has 118 valence electrons. The van der Waals surface area contributed by atoms with Gasteiger partial charge in [-0.1, -0.05) is 0 Å². The lowest BCUT2D eigenvalue weighted by molar-refractivity contribution is -0.123. The molecule has 0 radical (unpaired) electrons. The number of likely N-dealkylation sites (N-methyl/N-ethyl adjacent to an activating group) is 1. The third kappa shape index (κ3) is 5.95. The van der Waals surface area contributed by atoms with Crippen LogP contribution in [-0.4, -0.2) is 52.7 Å². The van der Waals surface area contributed by atoms with Crippen LogP contribution >= 0.6 is 0 Å². The predicted molar refractivity (Wildman–Crippen MR) is 82.0 cm³/mol. The Morgan fingerprint density at radius 1 is 1.24 bits per heavy atom. The molecular formula is C14H25N5O2. The molecule has 0 aliphatic heterocycles. The van der Waals surface area contributed by atoms with Crippen LogP contribution < -0.4 is 10.6 Å². The molecule has 0 unspecified atom stereocenters. The summed E-state index contributed by atoms with van der Waals surface area (Å²) in [5.74, 6) is 0.403. The second-order valence-electron chi connectivity index (χ2n) is 5.70. The molecule has 7 nitrogen and oxygen atoms in total. The number of nitrogens with zero attached hydrogens (tertiary/aromatic N) is 3. The van der Waals surface area contributed by atoms with Crippen LogP contribution in [0.25, 0.3) is 0 Å². The van der Waals surface area contributed by atoms with E-state index in [2.05, 4.69) is 15.7 Å². The van der Waals surface area contributed by atoms with E-state index in [1.165, 1.54) is 0 Å². The van der Waals surface area contributed by atoms with Gasteiger partial charge in [0.25, 0.3) is 0 Å². The number of rotatable bonds is 7. The van der Waals surface area contributed by atoms with E-state index < -0.39 is 0 Å². The van der Waals surface area contributed by atoms with Crippen molar-refractivity contribution < 1.29 is 9.59 Å². The van der Waals surface area contributed by atoms with Crippen molar-refractivity contribution in [3.8, 4) is 0 Å². The van der Waals surface area contributed by atoms with E-state index in [0.29, 0.717) is 5.82 Å². The van der Waals surface area contributed by atoms with E-state index in [9.17, 15) is 9.59 Å². The third-order valence-electron chi connectivity index (χ3n) is 2.70. The molecule has 21 heavy (non-hydrogen) atoms. The van der Waals surface area contributed by atoms with Gasteiger partial charge in [-0.15, -0.1) is 0 Å². The highest BCUT2D eigenvalue weighted by molar-refractivity contribution is 5.91. The summed E-state index contributed by atoms with van der Waals surface area (Å²) in [4.78, 5) is 25.3. The quantitative estimate of drug-likeness (QED) is 0.782. The fraction of sp³-hybridized carbons (Fsp3) is 0.643. The van der Waals surface area contributed by atoms with E-state index >= 15 is 0 Å². The van der Waals surface area contributed by atoms with Gasteiger partial charge in [-0.2, -0.15) is 5.10 Å². The average molecular weight is 295 g/mol. The van der Waals surface area contributed by atoms with Crippen molar-refractivity contribution in [2.75, 3.05) is 25.5 Å². The smallest absolute Gasteiger partial charge is 0.239 e. The van der Waals surface area contributed by atoms with Crippen LogP contribution in [0, 0.1) is 0 Å². The molecule has 0 saturated carbocycles. The highest BCUT2D eigenvalue weighted by atomic mass is 16.2. The van der Waals surface area contributed by atoms with Gasteiger partial charge in [0.15, 0.2) is 0 Å². The number of hydrogen-bond acceptors (Lipinski definition) is 4. The Kier molecular flexibility index (Phi) is 6.36. The Morgan fingerprint density at radius 3 is 2.43 bits per heavy atom. The minimum absolute atomic E-state index is 0.0903. The lowest BCUT2D eigenvalue weighted by Crippen LogP contribution is -2.41. The molecule has 0 aliphatic carbocycles. The molecular weight excluding hydrogens is 270 g/mol. The largest absolute Gasteiger partial charge is 0.353 e. The molecule has 1 aromatic heterocycles.